The molecule has 0 amide bonds. The lowest BCUT2D eigenvalue weighted by atomic mass is 9.41. The molecule has 1 saturated carbocycles. The van der Waals surface area contributed by atoms with Crippen LogP contribution in [0.25, 0.3) is 0 Å². The van der Waals surface area contributed by atoms with Crippen molar-refractivity contribution in [2.24, 2.45) is 16.7 Å². The second-order valence-electron chi connectivity index (χ2n) is 12.3. The molecule has 0 radical (unpaired) electrons. The molecule has 3 heterocycles. The Morgan fingerprint density at radius 1 is 1.02 bits per heavy atom. The molecule has 1 aromatic heterocycles. The van der Waals surface area contributed by atoms with Crippen molar-refractivity contribution >= 4 is 23.9 Å². The van der Waals surface area contributed by atoms with E-state index in [-0.39, 0.29) is 19.0 Å². The maximum atomic E-state index is 13.3. The highest BCUT2D eigenvalue weighted by atomic mass is 16.6. The molecule has 5 rings (SSSR count). The molecule has 216 valence electrons. The van der Waals surface area contributed by atoms with Crippen LogP contribution in [0.1, 0.15) is 77.6 Å². The van der Waals surface area contributed by atoms with E-state index >= 15 is 0 Å². The van der Waals surface area contributed by atoms with E-state index in [1.165, 1.54) is 20.0 Å². The Morgan fingerprint density at radius 3 is 2.33 bits per heavy atom. The summed E-state index contributed by atoms with van der Waals surface area (Å²) in [5.41, 5.74) is -2.49. The second kappa shape index (κ2) is 9.68. The zero-order chi connectivity index (χ0) is 29.1. The fourth-order valence-electron chi connectivity index (χ4n) is 7.88. The largest absolute Gasteiger partial charge is 0.463 e. The molecule has 0 unspecified atom stereocenters. The van der Waals surface area contributed by atoms with Gasteiger partial charge in [0.15, 0.2) is 12.2 Å². The van der Waals surface area contributed by atoms with Crippen molar-refractivity contribution in [3.63, 3.8) is 0 Å². The van der Waals surface area contributed by atoms with E-state index in [2.05, 4.69) is 11.9 Å². The normalized spacial score (nSPS) is 40.2. The van der Waals surface area contributed by atoms with Gasteiger partial charge in [-0.1, -0.05) is 25.5 Å². The molecular formula is C30H37NO9. The molecule has 8 atom stereocenters. The van der Waals surface area contributed by atoms with Gasteiger partial charge in [-0.2, -0.15) is 0 Å². The monoisotopic (exact) mass is 555 g/mol. The first-order chi connectivity index (χ1) is 18.8. The van der Waals surface area contributed by atoms with Crippen LogP contribution in [0.2, 0.25) is 0 Å². The first-order valence-corrected chi connectivity index (χ1v) is 13.7. The number of nitrogens with zero attached hydrogens (tertiary/aromatic N) is 1. The Kier molecular flexibility index (Phi) is 6.84. The summed E-state index contributed by atoms with van der Waals surface area (Å²) in [5, 5.41) is 0. The number of carbonyl (C=O) groups is 4. The summed E-state index contributed by atoms with van der Waals surface area (Å²) in [6.07, 6.45) is 4.08. The highest BCUT2D eigenvalue weighted by Crippen LogP contribution is 2.68. The number of pyridine rings is 1. The first kappa shape index (κ1) is 28.3. The molecular weight excluding hydrogens is 518 g/mol. The van der Waals surface area contributed by atoms with Crippen molar-refractivity contribution in [1.29, 1.82) is 0 Å². The van der Waals surface area contributed by atoms with Gasteiger partial charge < -0.3 is 23.7 Å². The van der Waals surface area contributed by atoms with E-state index in [1.807, 2.05) is 26.8 Å². The average Bonchev–Trinajstić information content (AvgIpc) is 3.25. The quantitative estimate of drug-likeness (QED) is 0.308. The maximum Gasteiger partial charge on any atom is 0.339 e. The predicted octanol–water partition coefficient (Wildman–Crippen LogP) is 3.72. The summed E-state index contributed by atoms with van der Waals surface area (Å²) in [6, 6.07) is 3.32. The number of rotatable bonds is 4. The molecule has 10 nitrogen and oxygen atoms in total. The lowest BCUT2D eigenvalue weighted by molar-refractivity contribution is -0.349. The van der Waals surface area contributed by atoms with Gasteiger partial charge in [-0.05, 0) is 38.8 Å². The fourth-order valence-corrected chi connectivity index (χ4v) is 7.88. The predicted molar refractivity (Wildman–Crippen MR) is 140 cm³/mol. The molecule has 0 N–H and O–H groups in total. The Hall–Kier alpha value is -3.27. The number of fused-ring (bicyclic) bond motifs is 3. The van der Waals surface area contributed by atoms with Crippen molar-refractivity contribution < 1.29 is 42.9 Å². The Morgan fingerprint density at radius 2 is 1.73 bits per heavy atom. The van der Waals surface area contributed by atoms with Crippen LogP contribution in [-0.2, 0) is 38.1 Å². The molecule has 10 heteroatoms. The highest BCUT2D eigenvalue weighted by Gasteiger charge is 2.76. The maximum absolute atomic E-state index is 13.3. The van der Waals surface area contributed by atoms with Gasteiger partial charge in [0.05, 0.1) is 12.0 Å². The second-order valence-corrected chi connectivity index (χ2v) is 12.3. The molecule has 1 spiro atoms. The molecule has 3 fully saturated rings. The summed E-state index contributed by atoms with van der Waals surface area (Å²) in [6.45, 7) is 10.6. The minimum absolute atomic E-state index is 0.0734. The van der Waals surface area contributed by atoms with Crippen molar-refractivity contribution in [1.82, 2.24) is 4.98 Å². The van der Waals surface area contributed by atoms with Gasteiger partial charge in [-0.3, -0.25) is 19.4 Å². The average molecular weight is 556 g/mol. The van der Waals surface area contributed by atoms with E-state index in [0.717, 1.165) is 5.57 Å². The SMILES string of the molecule is CC(=O)O[C@H]1[C@H](OC(C)=O)[C@]2(C)O[C@@]3(CC[C@]2(C)[C@H]2[C@H](OC(=O)c4cccnc4)CC=C(C)[C@]12C)COC(=O)C3. The number of hydrogen-bond donors (Lipinski definition) is 0. The first-order valence-electron chi connectivity index (χ1n) is 13.7. The van der Waals surface area contributed by atoms with Gasteiger partial charge in [0.2, 0.25) is 0 Å². The molecule has 0 aromatic carbocycles. The van der Waals surface area contributed by atoms with Crippen molar-refractivity contribution in [3.8, 4) is 0 Å². The number of cyclic esters (lactones) is 1. The topological polar surface area (TPSA) is 127 Å². The lowest BCUT2D eigenvalue weighted by Crippen LogP contribution is -2.78. The van der Waals surface area contributed by atoms with Crippen LogP contribution in [0, 0.1) is 16.7 Å². The number of esters is 4. The van der Waals surface area contributed by atoms with Crippen molar-refractivity contribution in [3.05, 3.63) is 41.7 Å². The zero-order valence-electron chi connectivity index (χ0n) is 23.9. The van der Waals surface area contributed by atoms with Gasteiger partial charge in [0.1, 0.15) is 23.9 Å². The van der Waals surface area contributed by atoms with Crippen LogP contribution in [0.4, 0.5) is 0 Å². The number of carbonyl (C=O) groups excluding carboxylic acids is 4. The zero-order valence-corrected chi connectivity index (χ0v) is 23.9. The van der Waals surface area contributed by atoms with E-state index < -0.39 is 64.2 Å². The standard InChI is InChI=1S/C30H37NO9/c1-17-9-10-21(39-26(35)20-8-7-13-31-15-20)23-27(4)11-12-30(14-22(34)36-16-30)40-29(27,6)25(38-19(3)33)24(28(17,23)5)37-18(2)32/h7-9,13,15,21,23-25H,10-12,14,16H2,1-6H3/t21-,23-,24+,25+,27-,28+,29+,30-/m1/s1. The highest BCUT2D eigenvalue weighted by molar-refractivity contribution is 5.89. The minimum atomic E-state index is -1.23. The van der Waals surface area contributed by atoms with Crippen molar-refractivity contribution in [2.45, 2.75) is 96.7 Å². The third-order valence-corrected chi connectivity index (χ3v) is 9.99. The number of hydrogen-bond acceptors (Lipinski definition) is 10. The Bertz CT molecular complexity index is 1260. The van der Waals surface area contributed by atoms with E-state index in [1.54, 1.807) is 18.3 Å². The summed E-state index contributed by atoms with van der Waals surface area (Å²) < 4.78 is 30.5. The smallest absolute Gasteiger partial charge is 0.339 e. The van der Waals surface area contributed by atoms with Crippen LogP contribution in [0.5, 0.6) is 0 Å². The molecule has 2 aliphatic carbocycles. The summed E-state index contributed by atoms with van der Waals surface area (Å²) in [7, 11) is 0. The van der Waals surface area contributed by atoms with Crippen LogP contribution < -0.4 is 0 Å². The van der Waals surface area contributed by atoms with Gasteiger partial charge in [0, 0.05) is 49.4 Å². The Balaban J connectivity index is 1.67. The van der Waals surface area contributed by atoms with Crippen molar-refractivity contribution in [2.75, 3.05) is 6.61 Å². The molecule has 2 saturated heterocycles. The summed E-state index contributed by atoms with van der Waals surface area (Å²) in [5.74, 6) is -2.35. The number of aromatic nitrogens is 1. The van der Waals surface area contributed by atoms with E-state index in [9.17, 15) is 19.2 Å². The molecule has 4 aliphatic rings. The van der Waals surface area contributed by atoms with E-state index in [4.69, 9.17) is 23.7 Å². The van der Waals surface area contributed by atoms with Crippen LogP contribution in [-0.4, -0.2) is 65.0 Å². The van der Waals surface area contributed by atoms with Gasteiger partial charge in [-0.25, -0.2) is 4.79 Å². The summed E-state index contributed by atoms with van der Waals surface area (Å²) in [4.78, 5) is 54.7. The third-order valence-electron chi connectivity index (χ3n) is 9.99. The molecule has 1 aromatic rings. The molecule has 40 heavy (non-hydrogen) atoms. The Labute approximate surface area is 233 Å². The number of ether oxygens (including phenoxy) is 5. The van der Waals surface area contributed by atoms with Crippen LogP contribution >= 0.6 is 0 Å². The third kappa shape index (κ3) is 4.22. The molecule has 0 bridgehead atoms. The minimum Gasteiger partial charge on any atom is -0.463 e. The summed E-state index contributed by atoms with van der Waals surface area (Å²) >= 11 is 0. The van der Waals surface area contributed by atoms with Gasteiger partial charge in [0.25, 0.3) is 0 Å². The van der Waals surface area contributed by atoms with Gasteiger partial charge >= 0.3 is 23.9 Å². The van der Waals surface area contributed by atoms with Gasteiger partial charge in [-0.15, -0.1) is 0 Å². The lowest BCUT2D eigenvalue weighted by Gasteiger charge is -2.70. The molecule has 2 aliphatic heterocycles. The van der Waals surface area contributed by atoms with Crippen LogP contribution in [0.15, 0.2) is 36.2 Å². The van der Waals surface area contributed by atoms with Crippen LogP contribution in [0.3, 0.4) is 0 Å². The fraction of sp³-hybridized carbons (Fsp3) is 0.633. The van der Waals surface area contributed by atoms with E-state index in [0.29, 0.717) is 24.8 Å².